The van der Waals surface area contributed by atoms with E-state index in [4.69, 9.17) is 4.74 Å². The topological polar surface area (TPSA) is 46.6 Å². The molecule has 0 radical (unpaired) electrons. The van der Waals surface area contributed by atoms with Crippen molar-refractivity contribution in [2.75, 3.05) is 13.7 Å². The van der Waals surface area contributed by atoms with Crippen LogP contribution in [0.25, 0.3) is 0 Å². The quantitative estimate of drug-likeness (QED) is 0.792. The second-order valence-corrected chi connectivity index (χ2v) is 5.74. The van der Waals surface area contributed by atoms with Crippen LogP contribution in [0.1, 0.15) is 28.4 Å². The lowest BCUT2D eigenvalue weighted by atomic mass is 9.96. The molecule has 0 amide bonds. The van der Waals surface area contributed by atoms with Crippen LogP contribution in [0.3, 0.4) is 0 Å². The molecule has 0 aliphatic carbocycles. The maximum Gasteiger partial charge on any atom is 0.182 e. The molecular weight excluding hydrogens is 302 g/mol. The van der Waals surface area contributed by atoms with Crippen LogP contribution >= 0.6 is 0 Å². The van der Waals surface area contributed by atoms with Crippen molar-refractivity contribution in [2.24, 2.45) is 0 Å². The molecule has 2 aromatic rings. The lowest BCUT2D eigenvalue weighted by molar-refractivity contribution is -0.116. The van der Waals surface area contributed by atoms with Crippen LogP contribution < -0.4 is 4.74 Å². The number of methoxy groups -OCH3 is 1. The van der Waals surface area contributed by atoms with Crippen molar-refractivity contribution in [3.05, 3.63) is 78.0 Å². The Bertz CT molecular complexity index is 767. The molecule has 4 nitrogen and oxygen atoms in total. The van der Waals surface area contributed by atoms with Gasteiger partial charge in [-0.05, 0) is 23.8 Å². The second kappa shape index (κ2) is 7.13. The third kappa shape index (κ3) is 3.54. The van der Waals surface area contributed by atoms with Gasteiger partial charge < -0.3 is 9.64 Å². The van der Waals surface area contributed by atoms with Crippen LogP contribution in [0.15, 0.2) is 66.9 Å². The highest BCUT2D eigenvalue weighted by Gasteiger charge is 2.26. The van der Waals surface area contributed by atoms with Gasteiger partial charge in [0.15, 0.2) is 11.6 Å². The number of ketones is 2. The Balaban J connectivity index is 1.85. The SMILES string of the molecule is COc1cccc(C2CC(=O)C=CN2CC(=O)c2ccccc2)c1. The van der Waals surface area contributed by atoms with E-state index < -0.39 is 0 Å². The summed E-state index contributed by atoms with van der Waals surface area (Å²) >= 11 is 0. The fourth-order valence-corrected chi connectivity index (χ4v) is 2.86. The summed E-state index contributed by atoms with van der Waals surface area (Å²) in [5.41, 5.74) is 1.64. The standard InChI is InChI=1S/C20H19NO3/c1-24-18-9-5-8-16(12-18)19-13-17(22)10-11-21(19)14-20(23)15-6-3-2-4-7-15/h2-12,19H,13-14H2,1H3. The maximum absolute atomic E-state index is 12.5. The Morgan fingerprint density at radius 3 is 2.71 bits per heavy atom. The van der Waals surface area contributed by atoms with Gasteiger partial charge >= 0.3 is 0 Å². The molecule has 2 aromatic carbocycles. The first kappa shape index (κ1) is 16.0. The van der Waals surface area contributed by atoms with Crippen LogP contribution in [-0.4, -0.2) is 30.1 Å². The highest BCUT2D eigenvalue weighted by molar-refractivity contribution is 5.98. The fraction of sp³-hybridized carbons (Fsp3) is 0.200. The number of benzene rings is 2. The van der Waals surface area contributed by atoms with Crippen LogP contribution in [0.4, 0.5) is 0 Å². The predicted octanol–water partition coefficient (Wildman–Crippen LogP) is 3.41. The minimum absolute atomic E-state index is 0.0301. The Kier molecular flexibility index (Phi) is 4.75. The summed E-state index contributed by atoms with van der Waals surface area (Å²) in [6.07, 6.45) is 3.61. The molecule has 1 aliphatic rings. The molecule has 1 aliphatic heterocycles. The minimum Gasteiger partial charge on any atom is -0.497 e. The van der Waals surface area contributed by atoms with Crippen LogP contribution in [0.2, 0.25) is 0 Å². The van der Waals surface area contributed by atoms with Crippen molar-refractivity contribution >= 4 is 11.6 Å². The molecule has 24 heavy (non-hydrogen) atoms. The molecular formula is C20H19NO3. The molecule has 0 fully saturated rings. The van der Waals surface area contributed by atoms with E-state index in [-0.39, 0.29) is 24.2 Å². The summed E-state index contributed by atoms with van der Waals surface area (Å²) in [5.74, 6) is 0.831. The molecule has 1 unspecified atom stereocenters. The molecule has 1 atom stereocenters. The number of hydrogen-bond acceptors (Lipinski definition) is 4. The smallest absolute Gasteiger partial charge is 0.182 e. The molecule has 0 N–H and O–H groups in total. The minimum atomic E-state index is -0.162. The van der Waals surface area contributed by atoms with Crippen LogP contribution in [0, 0.1) is 0 Å². The number of hydrogen-bond donors (Lipinski definition) is 0. The van der Waals surface area contributed by atoms with Crippen molar-refractivity contribution in [1.29, 1.82) is 0 Å². The van der Waals surface area contributed by atoms with Gasteiger partial charge in [-0.1, -0.05) is 42.5 Å². The van der Waals surface area contributed by atoms with Gasteiger partial charge in [0.05, 0.1) is 19.7 Å². The average Bonchev–Trinajstić information content (AvgIpc) is 2.64. The third-order valence-electron chi connectivity index (χ3n) is 4.15. The highest BCUT2D eigenvalue weighted by Crippen LogP contribution is 2.30. The van der Waals surface area contributed by atoms with Crippen molar-refractivity contribution in [3.63, 3.8) is 0 Å². The lowest BCUT2D eigenvalue weighted by Gasteiger charge is -2.32. The van der Waals surface area contributed by atoms with Gasteiger partial charge in [0.2, 0.25) is 0 Å². The van der Waals surface area contributed by atoms with Gasteiger partial charge in [-0.2, -0.15) is 0 Å². The van der Waals surface area contributed by atoms with Crippen molar-refractivity contribution in [1.82, 2.24) is 4.90 Å². The first-order valence-electron chi connectivity index (χ1n) is 7.86. The molecule has 3 rings (SSSR count). The zero-order chi connectivity index (χ0) is 16.9. The number of carbonyl (C=O) groups excluding carboxylic acids is 2. The van der Waals surface area contributed by atoms with E-state index in [0.29, 0.717) is 12.0 Å². The van der Waals surface area contributed by atoms with E-state index in [1.165, 1.54) is 6.08 Å². The monoisotopic (exact) mass is 321 g/mol. The molecule has 0 saturated heterocycles. The van der Waals surface area contributed by atoms with Gasteiger partial charge in [-0.25, -0.2) is 0 Å². The summed E-state index contributed by atoms with van der Waals surface area (Å²) in [6, 6.07) is 16.7. The first-order valence-corrected chi connectivity index (χ1v) is 7.86. The predicted molar refractivity (Wildman–Crippen MR) is 92.0 cm³/mol. The largest absolute Gasteiger partial charge is 0.497 e. The third-order valence-corrected chi connectivity index (χ3v) is 4.15. The van der Waals surface area contributed by atoms with E-state index in [0.717, 1.165) is 11.3 Å². The number of allylic oxidation sites excluding steroid dienone is 1. The molecule has 4 heteroatoms. The van der Waals surface area contributed by atoms with E-state index in [1.807, 2.05) is 59.5 Å². The number of Topliss-reactive ketones (excluding diaryl/α,β-unsaturated/α-hetero) is 1. The number of ether oxygens (including phenoxy) is 1. The van der Waals surface area contributed by atoms with Gasteiger partial charge in [0.1, 0.15) is 5.75 Å². The highest BCUT2D eigenvalue weighted by atomic mass is 16.5. The van der Waals surface area contributed by atoms with Crippen LogP contribution in [0.5, 0.6) is 5.75 Å². The molecule has 0 spiro atoms. The molecule has 0 bridgehead atoms. The van der Waals surface area contributed by atoms with Crippen molar-refractivity contribution in [2.45, 2.75) is 12.5 Å². The number of carbonyl (C=O) groups is 2. The number of nitrogens with zero attached hydrogens (tertiary/aromatic N) is 1. The molecule has 0 saturated carbocycles. The maximum atomic E-state index is 12.5. The normalized spacial score (nSPS) is 17.0. The summed E-state index contributed by atoms with van der Waals surface area (Å²) in [5, 5.41) is 0. The Hall–Kier alpha value is -2.88. The average molecular weight is 321 g/mol. The number of rotatable bonds is 5. The fourth-order valence-electron chi connectivity index (χ4n) is 2.86. The summed E-state index contributed by atoms with van der Waals surface area (Å²) in [4.78, 5) is 26.3. The van der Waals surface area contributed by atoms with E-state index in [2.05, 4.69) is 0 Å². The van der Waals surface area contributed by atoms with Gasteiger partial charge in [0, 0.05) is 18.2 Å². The molecule has 0 aromatic heterocycles. The second-order valence-electron chi connectivity index (χ2n) is 5.74. The Morgan fingerprint density at radius 2 is 1.96 bits per heavy atom. The lowest BCUT2D eigenvalue weighted by Crippen LogP contribution is -2.33. The Labute approximate surface area is 141 Å². The van der Waals surface area contributed by atoms with Gasteiger partial charge in [-0.3, -0.25) is 9.59 Å². The van der Waals surface area contributed by atoms with Gasteiger partial charge in [-0.15, -0.1) is 0 Å². The van der Waals surface area contributed by atoms with E-state index >= 15 is 0 Å². The van der Waals surface area contributed by atoms with E-state index in [1.54, 1.807) is 13.3 Å². The molecule has 122 valence electrons. The zero-order valence-corrected chi connectivity index (χ0v) is 13.5. The molecule has 1 heterocycles. The summed E-state index contributed by atoms with van der Waals surface area (Å²) in [7, 11) is 1.61. The van der Waals surface area contributed by atoms with Gasteiger partial charge in [0.25, 0.3) is 0 Å². The van der Waals surface area contributed by atoms with Crippen molar-refractivity contribution in [3.8, 4) is 5.75 Å². The Morgan fingerprint density at radius 1 is 1.17 bits per heavy atom. The summed E-state index contributed by atoms with van der Waals surface area (Å²) in [6.45, 7) is 0.232. The van der Waals surface area contributed by atoms with E-state index in [9.17, 15) is 9.59 Å². The zero-order valence-electron chi connectivity index (χ0n) is 13.5. The first-order chi connectivity index (χ1) is 11.7. The summed E-state index contributed by atoms with van der Waals surface area (Å²) < 4.78 is 5.27. The van der Waals surface area contributed by atoms with Crippen LogP contribution in [-0.2, 0) is 4.79 Å². The van der Waals surface area contributed by atoms with Crippen molar-refractivity contribution < 1.29 is 14.3 Å².